The summed E-state index contributed by atoms with van der Waals surface area (Å²) in [6, 6.07) is 10.5. The molecule has 2 aromatic rings. The van der Waals surface area contributed by atoms with E-state index in [4.69, 9.17) is 4.74 Å². The van der Waals surface area contributed by atoms with E-state index in [1.807, 2.05) is 13.0 Å². The Morgan fingerprint density at radius 3 is 2.33 bits per heavy atom. The number of esters is 1. The molecule has 0 unspecified atom stereocenters. The maximum absolute atomic E-state index is 12.2. The van der Waals surface area contributed by atoms with E-state index in [-0.39, 0.29) is 24.4 Å². The molecule has 0 aliphatic heterocycles. The minimum absolute atomic E-state index is 0.0340. The second-order valence-electron chi connectivity index (χ2n) is 5.34. The SMILES string of the molecule is Cc1ccc(C(=O)CCC(=O)O[C@@H](C)C(=O)c2ccc(Br)cc2)s1. The molecule has 0 saturated heterocycles. The monoisotopic (exact) mass is 408 g/mol. The predicted octanol–water partition coefficient (Wildman–Crippen LogP) is 4.60. The third kappa shape index (κ3) is 5.11. The molecule has 126 valence electrons. The van der Waals surface area contributed by atoms with Gasteiger partial charge in [-0.1, -0.05) is 28.1 Å². The number of hydrogen-bond donors (Lipinski definition) is 0. The summed E-state index contributed by atoms with van der Waals surface area (Å²) in [6.07, 6.45) is -0.830. The Kier molecular flexibility index (Phi) is 6.45. The van der Waals surface area contributed by atoms with Gasteiger partial charge in [0.25, 0.3) is 0 Å². The van der Waals surface area contributed by atoms with Gasteiger partial charge in [-0.2, -0.15) is 0 Å². The average molecular weight is 409 g/mol. The summed E-state index contributed by atoms with van der Waals surface area (Å²) in [5, 5.41) is 0. The number of carbonyl (C=O) groups is 3. The quantitative estimate of drug-likeness (QED) is 0.496. The summed E-state index contributed by atoms with van der Waals surface area (Å²) < 4.78 is 6.01. The molecule has 1 aromatic heterocycles. The van der Waals surface area contributed by atoms with Crippen LogP contribution in [0.2, 0.25) is 0 Å². The zero-order chi connectivity index (χ0) is 17.7. The summed E-state index contributed by atoms with van der Waals surface area (Å²) in [5.74, 6) is -0.900. The average Bonchev–Trinajstić information content (AvgIpc) is 2.99. The van der Waals surface area contributed by atoms with Crippen LogP contribution >= 0.6 is 27.3 Å². The smallest absolute Gasteiger partial charge is 0.306 e. The lowest BCUT2D eigenvalue weighted by molar-refractivity contribution is -0.146. The molecule has 0 radical (unpaired) electrons. The first-order valence-electron chi connectivity index (χ1n) is 7.45. The minimum atomic E-state index is -0.877. The van der Waals surface area contributed by atoms with Crippen molar-refractivity contribution in [3.8, 4) is 0 Å². The van der Waals surface area contributed by atoms with Crippen LogP contribution in [0.3, 0.4) is 0 Å². The van der Waals surface area contributed by atoms with E-state index < -0.39 is 12.1 Å². The lowest BCUT2D eigenvalue weighted by atomic mass is 10.1. The van der Waals surface area contributed by atoms with Crippen molar-refractivity contribution in [2.45, 2.75) is 32.8 Å². The molecule has 1 atom stereocenters. The van der Waals surface area contributed by atoms with E-state index >= 15 is 0 Å². The Balaban J connectivity index is 1.84. The molecule has 0 spiro atoms. The van der Waals surface area contributed by atoms with Crippen LogP contribution in [0.25, 0.3) is 0 Å². The van der Waals surface area contributed by atoms with Crippen LogP contribution in [-0.2, 0) is 9.53 Å². The molecular formula is C18H17BrO4S. The lowest BCUT2D eigenvalue weighted by Gasteiger charge is -2.12. The minimum Gasteiger partial charge on any atom is -0.454 e. The van der Waals surface area contributed by atoms with Gasteiger partial charge in [0.2, 0.25) is 5.78 Å². The normalized spacial score (nSPS) is 11.8. The number of Topliss-reactive ketones (excluding diaryl/α,β-unsaturated/α-hetero) is 2. The third-order valence-electron chi connectivity index (χ3n) is 3.38. The summed E-state index contributed by atoms with van der Waals surface area (Å²) in [5.41, 5.74) is 0.476. The zero-order valence-electron chi connectivity index (χ0n) is 13.4. The Bertz CT molecular complexity index is 749. The predicted molar refractivity (Wildman–Crippen MR) is 96.6 cm³/mol. The van der Waals surface area contributed by atoms with Gasteiger partial charge in [0.05, 0.1) is 11.3 Å². The third-order valence-corrected chi connectivity index (χ3v) is 4.95. The van der Waals surface area contributed by atoms with Gasteiger partial charge in [0.1, 0.15) is 0 Å². The van der Waals surface area contributed by atoms with Gasteiger partial charge in [0.15, 0.2) is 11.9 Å². The molecule has 0 bridgehead atoms. The number of aryl methyl sites for hydroxylation is 1. The van der Waals surface area contributed by atoms with E-state index in [1.165, 1.54) is 18.3 Å². The Labute approximate surface area is 153 Å². The number of rotatable bonds is 7. The standard InChI is InChI=1S/C18H17BrO4S/c1-11-3-9-16(24-11)15(20)8-10-17(21)23-12(2)18(22)13-4-6-14(19)7-5-13/h3-7,9,12H,8,10H2,1-2H3/t12-/m0/s1. The highest BCUT2D eigenvalue weighted by atomic mass is 79.9. The summed E-state index contributed by atoms with van der Waals surface area (Å²) >= 11 is 4.70. The van der Waals surface area contributed by atoms with Crippen molar-refractivity contribution in [2.24, 2.45) is 0 Å². The number of benzene rings is 1. The van der Waals surface area contributed by atoms with Gasteiger partial charge in [-0.3, -0.25) is 14.4 Å². The summed E-state index contributed by atoms with van der Waals surface area (Å²) in [7, 11) is 0. The van der Waals surface area contributed by atoms with E-state index in [9.17, 15) is 14.4 Å². The van der Waals surface area contributed by atoms with Crippen molar-refractivity contribution in [1.29, 1.82) is 0 Å². The van der Waals surface area contributed by atoms with Crippen molar-refractivity contribution in [3.05, 3.63) is 56.2 Å². The fraction of sp³-hybridized carbons (Fsp3) is 0.278. The lowest BCUT2D eigenvalue weighted by Crippen LogP contribution is -2.24. The summed E-state index contributed by atoms with van der Waals surface area (Å²) in [6.45, 7) is 3.46. The fourth-order valence-corrected chi connectivity index (χ4v) is 3.18. The molecule has 2 rings (SSSR count). The van der Waals surface area contributed by atoms with Crippen molar-refractivity contribution in [3.63, 3.8) is 0 Å². The van der Waals surface area contributed by atoms with Gasteiger partial charge in [-0.05, 0) is 38.1 Å². The van der Waals surface area contributed by atoms with Gasteiger partial charge >= 0.3 is 5.97 Å². The van der Waals surface area contributed by atoms with Crippen LogP contribution in [0.5, 0.6) is 0 Å². The van der Waals surface area contributed by atoms with E-state index in [0.717, 1.165) is 9.35 Å². The molecule has 0 saturated carbocycles. The highest BCUT2D eigenvalue weighted by Gasteiger charge is 2.20. The fourth-order valence-electron chi connectivity index (χ4n) is 2.08. The summed E-state index contributed by atoms with van der Waals surface area (Å²) in [4.78, 5) is 37.7. The molecule has 0 aliphatic rings. The first kappa shape index (κ1) is 18.5. The molecule has 0 N–H and O–H groups in total. The van der Waals surface area contributed by atoms with Crippen LogP contribution in [-0.4, -0.2) is 23.6 Å². The highest BCUT2D eigenvalue weighted by Crippen LogP contribution is 2.18. The number of carbonyl (C=O) groups excluding carboxylic acids is 3. The van der Waals surface area contributed by atoms with Gasteiger partial charge in [-0.15, -0.1) is 11.3 Å². The largest absolute Gasteiger partial charge is 0.454 e. The van der Waals surface area contributed by atoms with Gasteiger partial charge in [-0.25, -0.2) is 0 Å². The molecule has 1 aromatic carbocycles. The van der Waals surface area contributed by atoms with Crippen LogP contribution in [0.4, 0.5) is 0 Å². The van der Waals surface area contributed by atoms with Crippen molar-refractivity contribution in [2.75, 3.05) is 0 Å². The Hall–Kier alpha value is -1.79. The molecule has 1 heterocycles. The van der Waals surface area contributed by atoms with Crippen LogP contribution in [0.1, 0.15) is 44.7 Å². The molecule has 4 nitrogen and oxygen atoms in total. The number of thiophene rings is 1. The van der Waals surface area contributed by atoms with Crippen LogP contribution < -0.4 is 0 Å². The molecule has 0 fully saturated rings. The van der Waals surface area contributed by atoms with Gasteiger partial charge in [0, 0.05) is 21.3 Å². The van der Waals surface area contributed by atoms with Crippen molar-refractivity contribution >= 4 is 44.8 Å². The maximum atomic E-state index is 12.2. The second-order valence-corrected chi connectivity index (χ2v) is 7.54. The number of ketones is 2. The Morgan fingerprint density at radius 2 is 1.75 bits per heavy atom. The van der Waals surface area contributed by atoms with Crippen LogP contribution in [0, 0.1) is 6.92 Å². The second kappa shape index (κ2) is 8.35. The number of halogens is 1. The topological polar surface area (TPSA) is 60.4 Å². The maximum Gasteiger partial charge on any atom is 0.306 e. The first-order valence-corrected chi connectivity index (χ1v) is 9.06. The first-order chi connectivity index (χ1) is 11.4. The highest BCUT2D eigenvalue weighted by molar-refractivity contribution is 9.10. The molecular weight excluding hydrogens is 392 g/mol. The van der Waals surface area contributed by atoms with E-state index in [2.05, 4.69) is 15.9 Å². The van der Waals surface area contributed by atoms with Gasteiger partial charge < -0.3 is 4.74 Å². The van der Waals surface area contributed by atoms with Crippen molar-refractivity contribution < 1.29 is 19.1 Å². The van der Waals surface area contributed by atoms with E-state index in [1.54, 1.807) is 30.3 Å². The van der Waals surface area contributed by atoms with Crippen LogP contribution in [0.15, 0.2) is 40.9 Å². The Morgan fingerprint density at radius 1 is 1.08 bits per heavy atom. The number of ether oxygens (including phenoxy) is 1. The number of hydrogen-bond acceptors (Lipinski definition) is 5. The van der Waals surface area contributed by atoms with E-state index in [0.29, 0.717) is 10.4 Å². The molecule has 24 heavy (non-hydrogen) atoms. The molecule has 0 aliphatic carbocycles. The molecule has 0 amide bonds. The molecule has 6 heteroatoms. The van der Waals surface area contributed by atoms with Crippen molar-refractivity contribution in [1.82, 2.24) is 0 Å². The zero-order valence-corrected chi connectivity index (χ0v) is 15.8.